The number of nitrogens with one attached hydrogen (secondary N) is 1. The van der Waals surface area contributed by atoms with E-state index in [0.29, 0.717) is 41.8 Å². The van der Waals surface area contributed by atoms with Gasteiger partial charge in [-0.25, -0.2) is 14.5 Å². The Morgan fingerprint density at radius 1 is 0.974 bits per heavy atom. The van der Waals surface area contributed by atoms with Crippen LogP contribution in [-0.4, -0.2) is 61.0 Å². The van der Waals surface area contributed by atoms with E-state index >= 15 is 0 Å². The van der Waals surface area contributed by atoms with E-state index in [1.165, 1.54) is 17.3 Å². The van der Waals surface area contributed by atoms with Crippen LogP contribution in [0.2, 0.25) is 0 Å². The first kappa shape index (κ1) is 23.7. The number of anilines is 1. The van der Waals surface area contributed by atoms with E-state index in [-0.39, 0.29) is 12.1 Å². The monoisotopic (exact) mass is 512 g/mol. The van der Waals surface area contributed by atoms with Crippen LogP contribution in [0.5, 0.6) is 11.5 Å². The number of hydrogen-bond donors (Lipinski definition) is 2. The number of ether oxygens (including phenoxy) is 1. The summed E-state index contributed by atoms with van der Waals surface area (Å²) in [6.45, 7) is 1.97. The van der Waals surface area contributed by atoms with Gasteiger partial charge in [0.05, 0.1) is 6.04 Å². The number of aromatic nitrogens is 5. The van der Waals surface area contributed by atoms with Crippen molar-refractivity contribution < 1.29 is 14.3 Å². The Morgan fingerprint density at radius 2 is 1.71 bits per heavy atom. The Labute approximate surface area is 219 Å². The zero-order valence-corrected chi connectivity index (χ0v) is 20.7. The number of para-hydroxylation sites is 1. The standard InChI is InChI=1S/C27H28N8O3/c28-25(36)23-24(19-6-8-21(9-7-19)38-20-4-2-1-3-5-20)32-35-22(10-13-30-26(23)35)18-11-14-33(15-12-18)27(37)34-17-29-16-31-34/h1-9,16-18,22,30H,10-15H2,(H2,28,36). The molecule has 0 spiro atoms. The molecular weight excluding hydrogens is 484 g/mol. The third kappa shape index (κ3) is 4.47. The molecule has 2 aromatic heterocycles. The van der Waals surface area contributed by atoms with Crippen molar-refractivity contribution >= 4 is 17.8 Å². The highest BCUT2D eigenvalue weighted by molar-refractivity contribution is 6.03. The highest BCUT2D eigenvalue weighted by Crippen LogP contribution is 2.40. The number of primary amides is 1. The number of carbonyl (C=O) groups is 2. The second-order valence-electron chi connectivity index (χ2n) is 9.55. The van der Waals surface area contributed by atoms with E-state index in [2.05, 4.69) is 15.4 Å². The Hall–Kier alpha value is -4.67. The third-order valence-electron chi connectivity index (χ3n) is 7.28. The van der Waals surface area contributed by atoms with Gasteiger partial charge in [-0.2, -0.15) is 14.9 Å². The minimum absolute atomic E-state index is 0.0995. The fourth-order valence-corrected chi connectivity index (χ4v) is 5.41. The number of amides is 2. The van der Waals surface area contributed by atoms with Crippen molar-refractivity contribution in [2.45, 2.75) is 25.3 Å². The molecular formula is C27H28N8O3. The van der Waals surface area contributed by atoms with Gasteiger partial charge in [-0.3, -0.25) is 4.79 Å². The smallest absolute Gasteiger partial charge is 0.346 e. The van der Waals surface area contributed by atoms with Crippen molar-refractivity contribution in [2.75, 3.05) is 25.0 Å². The topological polar surface area (TPSA) is 133 Å². The number of carbonyl (C=O) groups excluding carboxylic acids is 2. The molecule has 11 heteroatoms. The van der Waals surface area contributed by atoms with E-state index < -0.39 is 5.91 Å². The molecule has 1 fully saturated rings. The first-order valence-electron chi connectivity index (χ1n) is 12.7. The molecule has 4 heterocycles. The van der Waals surface area contributed by atoms with Crippen LogP contribution < -0.4 is 15.8 Å². The Balaban J connectivity index is 1.23. The van der Waals surface area contributed by atoms with E-state index in [1.54, 1.807) is 4.90 Å². The van der Waals surface area contributed by atoms with Gasteiger partial charge in [-0.15, -0.1) is 0 Å². The van der Waals surface area contributed by atoms with Crippen molar-refractivity contribution in [3.63, 3.8) is 0 Å². The number of benzene rings is 2. The van der Waals surface area contributed by atoms with Gasteiger partial charge < -0.3 is 20.7 Å². The number of nitrogens with zero attached hydrogens (tertiary/aromatic N) is 6. The summed E-state index contributed by atoms with van der Waals surface area (Å²) >= 11 is 0. The summed E-state index contributed by atoms with van der Waals surface area (Å²) in [7, 11) is 0. The van der Waals surface area contributed by atoms with Crippen molar-refractivity contribution in [3.05, 3.63) is 72.8 Å². The van der Waals surface area contributed by atoms with Gasteiger partial charge in [0.15, 0.2) is 0 Å². The molecule has 2 aliphatic rings. The molecule has 2 aromatic carbocycles. The van der Waals surface area contributed by atoms with Crippen molar-refractivity contribution in [3.8, 4) is 22.8 Å². The highest BCUT2D eigenvalue weighted by atomic mass is 16.5. The molecule has 1 unspecified atom stereocenters. The van der Waals surface area contributed by atoms with Crippen LogP contribution in [0, 0.1) is 5.92 Å². The molecule has 2 amide bonds. The minimum atomic E-state index is -0.521. The maximum atomic E-state index is 12.6. The van der Waals surface area contributed by atoms with Crippen molar-refractivity contribution in [2.24, 2.45) is 11.7 Å². The second-order valence-corrected chi connectivity index (χ2v) is 9.55. The molecule has 4 aromatic rings. The molecule has 0 saturated carbocycles. The summed E-state index contributed by atoms with van der Waals surface area (Å²) in [6, 6.07) is 17.0. The maximum Gasteiger partial charge on any atom is 0.346 e. The lowest BCUT2D eigenvalue weighted by Crippen LogP contribution is -2.43. The van der Waals surface area contributed by atoms with E-state index in [0.717, 1.165) is 37.1 Å². The van der Waals surface area contributed by atoms with E-state index in [4.69, 9.17) is 15.6 Å². The largest absolute Gasteiger partial charge is 0.457 e. The highest BCUT2D eigenvalue weighted by Gasteiger charge is 2.36. The Morgan fingerprint density at radius 3 is 2.39 bits per heavy atom. The second kappa shape index (κ2) is 10.0. The summed E-state index contributed by atoms with van der Waals surface area (Å²) in [4.78, 5) is 30.9. The molecule has 1 saturated heterocycles. The summed E-state index contributed by atoms with van der Waals surface area (Å²) in [5.41, 5.74) is 7.59. The molecule has 194 valence electrons. The lowest BCUT2D eigenvalue weighted by molar-refractivity contribution is 0.100. The molecule has 1 atom stereocenters. The average Bonchev–Trinajstić information content (AvgIpc) is 3.62. The summed E-state index contributed by atoms with van der Waals surface area (Å²) in [6.07, 6.45) is 5.31. The molecule has 0 bridgehead atoms. The fourth-order valence-electron chi connectivity index (χ4n) is 5.41. The van der Waals surface area contributed by atoms with E-state index in [1.807, 2.05) is 59.3 Å². The quantitative estimate of drug-likeness (QED) is 0.416. The first-order chi connectivity index (χ1) is 18.6. The lowest BCUT2D eigenvalue weighted by atomic mass is 9.87. The van der Waals surface area contributed by atoms with E-state index in [9.17, 15) is 9.59 Å². The van der Waals surface area contributed by atoms with Crippen LogP contribution in [0.4, 0.5) is 10.6 Å². The summed E-state index contributed by atoms with van der Waals surface area (Å²) in [5, 5.41) is 12.2. The molecule has 3 N–H and O–H groups in total. The van der Waals surface area contributed by atoms with Gasteiger partial charge in [0.25, 0.3) is 5.91 Å². The van der Waals surface area contributed by atoms with Crippen molar-refractivity contribution in [1.82, 2.24) is 29.4 Å². The zero-order valence-electron chi connectivity index (χ0n) is 20.7. The zero-order chi connectivity index (χ0) is 26.1. The number of nitrogens with two attached hydrogens (primary N) is 1. The molecule has 38 heavy (non-hydrogen) atoms. The summed E-state index contributed by atoms with van der Waals surface area (Å²) < 4.78 is 9.11. The van der Waals surface area contributed by atoms with Gasteiger partial charge in [-0.1, -0.05) is 18.2 Å². The van der Waals surface area contributed by atoms with Gasteiger partial charge in [0.1, 0.15) is 41.2 Å². The number of likely N-dealkylation sites (tertiary alicyclic amines) is 1. The van der Waals surface area contributed by atoms with Crippen molar-refractivity contribution in [1.29, 1.82) is 0 Å². The van der Waals surface area contributed by atoms with Gasteiger partial charge in [0, 0.05) is 25.2 Å². The van der Waals surface area contributed by atoms with Crippen LogP contribution in [-0.2, 0) is 0 Å². The lowest BCUT2D eigenvalue weighted by Gasteiger charge is -2.38. The van der Waals surface area contributed by atoms with Crippen LogP contribution in [0.15, 0.2) is 67.3 Å². The minimum Gasteiger partial charge on any atom is -0.457 e. The fraction of sp³-hybridized carbons (Fsp3) is 0.296. The molecule has 2 aliphatic heterocycles. The third-order valence-corrected chi connectivity index (χ3v) is 7.28. The number of fused-ring (bicyclic) bond motifs is 1. The van der Waals surface area contributed by atoms with Gasteiger partial charge >= 0.3 is 6.03 Å². The van der Waals surface area contributed by atoms with Crippen LogP contribution in [0.3, 0.4) is 0 Å². The normalized spacial score (nSPS) is 17.5. The average molecular weight is 513 g/mol. The predicted molar refractivity (Wildman–Crippen MR) is 140 cm³/mol. The SMILES string of the molecule is NC(=O)c1c(-c2ccc(Oc3ccccc3)cc2)nn2c1NCCC2C1CCN(C(=O)n2cncn2)CC1. The van der Waals surface area contributed by atoms with Crippen LogP contribution in [0.25, 0.3) is 11.3 Å². The van der Waals surface area contributed by atoms with Crippen LogP contribution in [0.1, 0.15) is 35.7 Å². The van der Waals surface area contributed by atoms with Crippen LogP contribution >= 0.6 is 0 Å². The first-order valence-corrected chi connectivity index (χ1v) is 12.7. The number of hydrogen-bond acceptors (Lipinski definition) is 7. The molecule has 11 nitrogen and oxygen atoms in total. The predicted octanol–water partition coefficient (Wildman–Crippen LogP) is 3.77. The maximum absolute atomic E-state index is 12.6. The molecule has 6 rings (SSSR count). The molecule has 0 radical (unpaired) electrons. The Bertz CT molecular complexity index is 1430. The van der Waals surface area contributed by atoms with Gasteiger partial charge in [-0.05, 0) is 61.6 Å². The van der Waals surface area contributed by atoms with Gasteiger partial charge in [0.2, 0.25) is 0 Å². The summed E-state index contributed by atoms with van der Waals surface area (Å²) in [5.74, 6) is 1.89. The number of piperidine rings is 1. The molecule has 0 aliphatic carbocycles. The Kier molecular flexibility index (Phi) is 6.24. The number of rotatable bonds is 5.